The summed E-state index contributed by atoms with van der Waals surface area (Å²) in [6.07, 6.45) is 5.66. The Labute approximate surface area is 147 Å². The summed E-state index contributed by atoms with van der Waals surface area (Å²) in [6.45, 7) is 2.18. The summed E-state index contributed by atoms with van der Waals surface area (Å²) in [5, 5.41) is 5.52. The van der Waals surface area contributed by atoms with E-state index in [2.05, 4.69) is 36.5 Å². The van der Waals surface area contributed by atoms with Crippen molar-refractivity contribution in [1.82, 2.24) is 4.98 Å². The van der Waals surface area contributed by atoms with Crippen LogP contribution in [0.2, 0.25) is 5.02 Å². The van der Waals surface area contributed by atoms with Crippen LogP contribution in [0.5, 0.6) is 0 Å². The third kappa shape index (κ3) is 2.87. The Balaban J connectivity index is 1.85. The smallest absolute Gasteiger partial charge is 0.0727 e. The van der Waals surface area contributed by atoms with Gasteiger partial charge in [0.2, 0.25) is 0 Å². The second-order valence-corrected chi connectivity index (χ2v) is 6.89. The van der Waals surface area contributed by atoms with Gasteiger partial charge in [0, 0.05) is 21.8 Å². The van der Waals surface area contributed by atoms with Gasteiger partial charge >= 0.3 is 0 Å². The van der Waals surface area contributed by atoms with Gasteiger partial charge in [-0.1, -0.05) is 30.7 Å². The van der Waals surface area contributed by atoms with Crippen LogP contribution in [0.25, 0.3) is 10.9 Å². The van der Waals surface area contributed by atoms with E-state index < -0.39 is 0 Å². The highest BCUT2D eigenvalue weighted by Gasteiger charge is 2.18. The molecule has 1 heterocycles. The fourth-order valence-electron chi connectivity index (χ4n) is 3.51. The van der Waals surface area contributed by atoms with Crippen LogP contribution < -0.4 is 5.32 Å². The molecule has 0 aliphatic heterocycles. The summed E-state index contributed by atoms with van der Waals surface area (Å²) in [6, 6.07) is 14.7. The van der Waals surface area contributed by atoms with Crippen molar-refractivity contribution in [3.05, 3.63) is 64.3 Å². The Morgan fingerprint density at radius 1 is 1.04 bits per heavy atom. The van der Waals surface area contributed by atoms with Gasteiger partial charge in [-0.3, -0.25) is 4.98 Å². The van der Waals surface area contributed by atoms with E-state index in [9.17, 15) is 0 Å². The van der Waals surface area contributed by atoms with Crippen LogP contribution in [0.15, 0.2) is 42.5 Å². The van der Waals surface area contributed by atoms with E-state index in [1.165, 1.54) is 35.3 Å². The maximum atomic E-state index is 6.26. The molecular weight excluding hydrogens is 316 g/mol. The minimum Gasteiger partial charge on any atom is -0.355 e. The number of aromatic nitrogens is 1. The molecule has 1 aromatic heterocycles. The molecule has 0 fully saturated rings. The molecule has 0 atom stereocenters. The Morgan fingerprint density at radius 2 is 1.83 bits per heavy atom. The number of fused-ring (bicyclic) bond motifs is 2. The number of pyridine rings is 1. The fourth-order valence-corrected chi connectivity index (χ4v) is 3.68. The third-order valence-electron chi connectivity index (χ3n) is 4.86. The Hall–Kier alpha value is -2.06. The van der Waals surface area contributed by atoms with Gasteiger partial charge in [0.25, 0.3) is 0 Å². The second-order valence-electron chi connectivity index (χ2n) is 6.46. The van der Waals surface area contributed by atoms with Crippen molar-refractivity contribution in [2.24, 2.45) is 0 Å². The molecule has 3 heteroatoms. The summed E-state index contributed by atoms with van der Waals surface area (Å²) in [5.41, 5.74) is 7.27. The van der Waals surface area contributed by atoms with Gasteiger partial charge in [-0.25, -0.2) is 0 Å². The lowest BCUT2D eigenvalue weighted by molar-refractivity contribution is 0.672. The number of nitrogens with zero attached hydrogens (tertiary/aromatic N) is 1. The predicted octanol–water partition coefficient (Wildman–Crippen LogP) is 6.07. The average molecular weight is 337 g/mol. The molecule has 0 amide bonds. The van der Waals surface area contributed by atoms with Crippen LogP contribution >= 0.6 is 11.6 Å². The minimum absolute atomic E-state index is 0.754. The van der Waals surface area contributed by atoms with Crippen molar-refractivity contribution in [2.75, 3.05) is 5.32 Å². The van der Waals surface area contributed by atoms with Crippen molar-refractivity contribution in [1.29, 1.82) is 0 Å². The molecule has 122 valence electrons. The SMILES string of the molecule is CCc1ccc(Nc2c3c(nc4ccc(Cl)cc24)CCCC3)cc1. The molecule has 0 radical (unpaired) electrons. The van der Waals surface area contributed by atoms with E-state index in [0.29, 0.717) is 0 Å². The van der Waals surface area contributed by atoms with Gasteiger partial charge in [-0.05, 0) is 73.6 Å². The topological polar surface area (TPSA) is 24.9 Å². The summed E-state index contributed by atoms with van der Waals surface area (Å²) < 4.78 is 0. The predicted molar refractivity (Wildman–Crippen MR) is 102 cm³/mol. The van der Waals surface area contributed by atoms with Crippen LogP contribution in [0, 0.1) is 0 Å². The molecule has 0 saturated carbocycles. The first-order valence-electron chi connectivity index (χ1n) is 8.71. The molecule has 1 aliphatic carbocycles. The zero-order valence-corrected chi connectivity index (χ0v) is 14.7. The molecule has 3 aromatic rings. The largest absolute Gasteiger partial charge is 0.355 e. The van der Waals surface area contributed by atoms with Gasteiger partial charge in [0.1, 0.15) is 0 Å². The monoisotopic (exact) mass is 336 g/mol. The molecule has 2 nitrogen and oxygen atoms in total. The highest BCUT2D eigenvalue weighted by Crippen LogP contribution is 2.36. The van der Waals surface area contributed by atoms with Crippen molar-refractivity contribution < 1.29 is 0 Å². The average Bonchev–Trinajstić information content (AvgIpc) is 2.62. The molecule has 1 N–H and O–H groups in total. The van der Waals surface area contributed by atoms with Gasteiger partial charge in [-0.2, -0.15) is 0 Å². The number of halogens is 1. The quantitative estimate of drug-likeness (QED) is 0.627. The van der Waals surface area contributed by atoms with E-state index >= 15 is 0 Å². The standard InChI is InChI=1S/C21H21ClN2/c1-2-14-7-10-16(11-8-14)23-21-17-5-3-4-6-19(17)24-20-12-9-15(22)13-18(20)21/h7-13H,2-6H2,1H3,(H,23,24). The summed E-state index contributed by atoms with van der Waals surface area (Å²) in [4.78, 5) is 4.89. The Morgan fingerprint density at radius 3 is 2.62 bits per heavy atom. The molecule has 4 rings (SSSR count). The number of benzene rings is 2. The van der Waals surface area contributed by atoms with Crippen molar-refractivity contribution in [2.45, 2.75) is 39.0 Å². The summed E-state index contributed by atoms with van der Waals surface area (Å²) in [5.74, 6) is 0. The second kappa shape index (κ2) is 6.45. The molecular formula is C21H21ClN2. The van der Waals surface area contributed by atoms with Crippen LogP contribution in [0.4, 0.5) is 11.4 Å². The molecule has 0 bridgehead atoms. The number of hydrogen-bond donors (Lipinski definition) is 1. The van der Waals surface area contributed by atoms with E-state index in [1.54, 1.807) is 0 Å². The highest BCUT2D eigenvalue weighted by atomic mass is 35.5. The van der Waals surface area contributed by atoms with Gasteiger partial charge < -0.3 is 5.32 Å². The number of aryl methyl sites for hydroxylation is 2. The number of anilines is 2. The highest BCUT2D eigenvalue weighted by molar-refractivity contribution is 6.31. The number of rotatable bonds is 3. The first-order valence-corrected chi connectivity index (χ1v) is 9.09. The molecule has 0 spiro atoms. The molecule has 2 aromatic carbocycles. The fraction of sp³-hybridized carbons (Fsp3) is 0.286. The van der Waals surface area contributed by atoms with Crippen LogP contribution in [0.3, 0.4) is 0 Å². The maximum Gasteiger partial charge on any atom is 0.0727 e. The van der Waals surface area contributed by atoms with Crippen LogP contribution in [-0.4, -0.2) is 4.98 Å². The first-order chi connectivity index (χ1) is 11.7. The molecule has 1 aliphatic rings. The van der Waals surface area contributed by atoms with E-state index in [1.807, 2.05) is 18.2 Å². The van der Waals surface area contributed by atoms with E-state index in [4.69, 9.17) is 16.6 Å². The Kier molecular flexibility index (Phi) is 4.15. The van der Waals surface area contributed by atoms with Crippen molar-refractivity contribution in [3.63, 3.8) is 0 Å². The van der Waals surface area contributed by atoms with Crippen molar-refractivity contribution in [3.8, 4) is 0 Å². The van der Waals surface area contributed by atoms with E-state index in [0.717, 1.165) is 40.9 Å². The lowest BCUT2D eigenvalue weighted by Gasteiger charge is -2.22. The molecule has 24 heavy (non-hydrogen) atoms. The lowest BCUT2D eigenvalue weighted by atomic mass is 9.92. The number of nitrogens with one attached hydrogen (secondary N) is 1. The van der Waals surface area contributed by atoms with Gasteiger partial charge in [-0.15, -0.1) is 0 Å². The lowest BCUT2D eigenvalue weighted by Crippen LogP contribution is -2.09. The summed E-state index contributed by atoms with van der Waals surface area (Å²) in [7, 11) is 0. The maximum absolute atomic E-state index is 6.26. The van der Waals surface area contributed by atoms with Crippen LogP contribution in [-0.2, 0) is 19.3 Å². The first kappa shape index (κ1) is 15.5. The molecule has 0 saturated heterocycles. The van der Waals surface area contributed by atoms with Crippen LogP contribution in [0.1, 0.15) is 36.6 Å². The number of hydrogen-bond acceptors (Lipinski definition) is 2. The van der Waals surface area contributed by atoms with Gasteiger partial charge in [0.05, 0.1) is 11.2 Å². The normalized spacial score (nSPS) is 13.8. The summed E-state index contributed by atoms with van der Waals surface area (Å²) >= 11 is 6.26. The zero-order valence-electron chi connectivity index (χ0n) is 13.9. The van der Waals surface area contributed by atoms with Crippen molar-refractivity contribution >= 4 is 33.9 Å². The van der Waals surface area contributed by atoms with Gasteiger partial charge in [0.15, 0.2) is 0 Å². The minimum atomic E-state index is 0.754. The third-order valence-corrected chi connectivity index (χ3v) is 5.09. The molecule has 0 unspecified atom stereocenters. The zero-order chi connectivity index (χ0) is 16.5. The Bertz CT molecular complexity index is 884. The van der Waals surface area contributed by atoms with E-state index in [-0.39, 0.29) is 0 Å².